The van der Waals surface area contributed by atoms with Crippen molar-refractivity contribution in [3.8, 4) is 0 Å². The van der Waals surface area contributed by atoms with Gasteiger partial charge in [-0.3, -0.25) is 9.59 Å². The molecule has 2 aromatic carbocycles. The summed E-state index contributed by atoms with van der Waals surface area (Å²) in [5.41, 5.74) is 1.21. The molecular weight excluding hydrogens is 387 g/mol. The van der Waals surface area contributed by atoms with Gasteiger partial charge in [-0.15, -0.1) is 11.3 Å². The van der Waals surface area contributed by atoms with Crippen LogP contribution in [0.4, 0.5) is 10.1 Å². The number of benzene rings is 2. The van der Waals surface area contributed by atoms with Crippen molar-refractivity contribution in [2.24, 2.45) is 0 Å². The molecule has 0 aliphatic carbocycles. The quantitative estimate of drug-likeness (QED) is 0.676. The minimum absolute atomic E-state index is 0.0719. The van der Waals surface area contributed by atoms with Crippen molar-refractivity contribution in [3.63, 3.8) is 0 Å². The Morgan fingerprint density at radius 3 is 2.74 bits per heavy atom. The zero-order valence-electron chi connectivity index (χ0n) is 14.0. The summed E-state index contributed by atoms with van der Waals surface area (Å²) in [4.78, 5) is 27.9. The fourth-order valence-electron chi connectivity index (χ4n) is 3.21. The van der Waals surface area contributed by atoms with E-state index in [4.69, 9.17) is 11.6 Å². The van der Waals surface area contributed by atoms with Gasteiger partial charge in [0, 0.05) is 21.2 Å². The van der Waals surface area contributed by atoms with Crippen LogP contribution in [0.3, 0.4) is 0 Å². The molecule has 0 radical (unpaired) electrons. The Kier molecular flexibility index (Phi) is 4.68. The van der Waals surface area contributed by atoms with Gasteiger partial charge in [0.2, 0.25) is 5.91 Å². The van der Waals surface area contributed by atoms with Crippen LogP contribution in [0, 0.1) is 5.82 Å². The van der Waals surface area contributed by atoms with Crippen molar-refractivity contribution in [1.82, 2.24) is 4.90 Å². The number of nitrogens with zero attached hydrogens (tertiary/aromatic N) is 1. The zero-order valence-corrected chi connectivity index (χ0v) is 15.6. The second-order valence-corrected chi connectivity index (χ2v) is 7.53. The Hall–Kier alpha value is -2.70. The average Bonchev–Trinajstić information content (AvgIpc) is 3.13. The topological polar surface area (TPSA) is 49.4 Å². The first-order chi connectivity index (χ1) is 13.0. The summed E-state index contributed by atoms with van der Waals surface area (Å²) in [7, 11) is 0. The van der Waals surface area contributed by atoms with Crippen LogP contribution in [-0.4, -0.2) is 23.3 Å². The van der Waals surface area contributed by atoms with Crippen LogP contribution >= 0.6 is 22.9 Å². The van der Waals surface area contributed by atoms with Gasteiger partial charge in [-0.2, -0.15) is 0 Å². The predicted molar refractivity (Wildman–Crippen MR) is 104 cm³/mol. The summed E-state index contributed by atoms with van der Waals surface area (Å²) < 4.78 is 14.3. The van der Waals surface area contributed by atoms with Crippen molar-refractivity contribution in [1.29, 1.82) is 0 Å². The van der Waals surface area contributed by atoms with Crippen LogP contribution in [0.15, 0.2) is 60.0 Å². The monoisotopic (exact) mass is 400 g/mol. The largest absolute Gasteiger partial charge is 0.324 e. The fourth-order valence-corrected chi connectivity index (χ4v) is 4.24. The summed E-state index contributed by atoms with van der Waals surface area (Å²) in [6.07, 6.45) is 0. The van der Waals surface area contributed by atoms with E-state index < -0.39 is 17.8 Å². The van der Waals surface area contributed by atoms with Gasteiger partial charge in [0.05, 0.1) is 11.6 Å². The average molecular weight is 401 g/mol. The summed E-state index contributed by atoms with van der Waals surface area (Å²) in [5, 5.41) is 5.20. The highest BCUT2D eigenvalue weighted by Gasteiger charge is 2.35. The Labute approximate surface area is 164 Å². The second kappa shape index (κ2) is 7.13. The highest BCUT2D eigenvalue weighted by Crippen LogP contribution is 2.39. The minimum atomic E-state index is -0.622. The molecule has 1 unspecified atom stereocenters. The van der Waals surface area contributed by atoms with Crippen molar-refractivity contribution in [2.45, 2.75) is 6.04 Å². The number of hydrogen-bond donors (Lipinski definition) is 1. The Morgan fingerprint density at radius 2 is 2.00 bits per heavy atom. The zero-order chi connectivity index (χ0) is 19.0. The van der Waals surface area contributed by atoms with E-state index >= 15 is 0 Å². The number of carbonyl (C=O) groups is 2. The Balaban J connectivity index is 1.89. The van der Waals surface area contributed by atoms with E-state index in [9.17, 15) is 14.0 Å². The fraction of sp³-hybridized carbons (Fsp3) is 0.100. The summed E-state index contributed by atoms with van der Waals surface area (Å²) >= 11 is 7.65. The van der Waals surface area contributed by atoms with E-state index in [1.54, 1.807) is 24.3 Å². The normalized spacial score (nSPS) is 16.4. The molecule has 7 heteroatoms. The van der Waals surface area contributed by atoms with Crippen LogP contribution in [0.25, 0.3) is 0 Å². The van der Waals surface area contributed by atoms with Gasteiger partial charge in [-0.1, -0.05) is 29.8 Å². The lowest BCUT2D eigenvalue weighted by atomic mass is 10.0. The Morgan fingerprint density at radius 1 is 1.19 bits per heavy atom. The molecule has 0 saturated carbocycles. The first-order valence-electron chi connectivity index (χ1n) is 8.23. The van der Waals surface area contributed by atoms with Gasteiger partial charge in [-0.25, -0.2) is 4.39 Å². The molecule has 136 valence electrons. The molecule has 0 fully saturated rings. The van der Waals surface area contributed by atoms with Gasteiger partial charge in [0.25, 0.3) is 5.91 Å². The minimum Gasteiger partial charge on any atom is -0.324 e. The molecule has 0 bridgehead atoms. The lowest BCUT2D eigenvalue weighted by molar-refractivity contribution is -0.117. The first-order valence-corrected chi connectivity index (χ1v) is 9.48. The van der Waals surface area contributed by atoms with Crippen molar-refractivity contribution in [3.05, 3.63) is 86.8 Å². The number of nitrogens with one attached hydrogen (secondary N) is 1. The molecule has 1 atom stereocenters. The number of rotatable bonds is 2. The molecular formula is C20H14ClFN2O2S. The number of fused-ring (bicyclic) bond motifs is 1. The van der Waals surface area contributed by atoms with E-state index in [2.05, 4.69) is 5.32 Å². The molecule has 1 aliphatic heterocycles. The summed E-state index contributed by atoms with van der Waals surface area (Å²) in [5.74, 6) is -1.51. The van der Waals surface area contributed by atoms with E-state index in [0.29, 0.717) is 16.3 Å². The number of halogens is 2. The Bertz CT molecular complexity index is 1020. The third kappa shape index (κ3) is 3.34. The summed E-state index contributed by atoms with van der Waals surface area (Å²) in [6.45, 7) is -0.192. The third-order valence-electron chi connectivity index (χ3n) is 4.39. The molecule has 4 nitrogen and oxygen atoms in total. The third-order valence-corrected chi connectivity index (χ3v) is 5.55. The number of amides is 2. The van der Waals surface area contributed by atoms with Crippen LogP contribution in [0.5, 0.6) is 0 Å². The number of hydrogen-bond acceptors (Lipinski definition) is 3. The van der Waals surface area contributed by atoms with Crippen LogP contribution < -0.4 is 5.32 Å². The highest BCUT2D eigenvalue weighted by molar-refractivity contribution is 7.10. The lowest BCUT2D eigenvalue weighted by Gasteiger charge is -2.29. The maximum atomic E-state index is 14.3. The van der Waals surface area contributed by atoms with Crippen LogP contribution in [0.1, 0.15) is 26.8 Å². The highest BCUT2D eigenvalue weighted by atomic mass is 35.5. The summed E-state index contributed by atoms with van der Waals surface area (Å²) in [6, 6.07) is 14.1. The van der Waals surface area contributed by atoms with Gasteiger partial charge in [0.1, 0.15) is 12.4 Å². The molecule has 1 aromatic heterocycles. The maximum Gasteiger partial charge on any atom is 0.258 e. The van der Waals surface area contributed by atoms with Gasteiger partial charge < -0.3 is 10.2 Å². The predicted octanol–water partition coefficient (Wildman–Crippen LogP) is 4.72. The lowest BCUT2D eigenvalue weighted by Crippen LogP contribution is -2.39. The van der Waals surface area contributed by atoms with Gasteiger partial charge >= 0.3 is 0 Å². The van der Waals surface area contributed by atoms with E-state index in [0.717, 1.165) is 4.88 Å². The van der Waals surface area contributed by atoms with Crippen molar-refractivity contribution < 1.29 is 14.0 Å². The first kappa shape index (κ1) is 17.7. The van der Waals surface area contributed by atoms with Gasteiger partial charge in [0.15, 0.2) is 0 Å². The molecule has 4 rings (SSSR count). The van der Waals surface area contributed by atoms with E-state index in [1.165, 1.54) is 34.4 Å². The maximum absolute atomic E-state index is 14.3. The van der Waals surface area contributed by atoms with Gasteiger partial charge in [-0.05, 0) is 41.8 Å². The molecule has 1 N–H and O–H groups in total. The van der Waals surface area contributed by atoms with E-state index in [1.807, 2.05) is 17.5 Å². The van der Waals surface area contributed by atoms with Crippen LogP contribution in [0.2, 0.25) is 5.02 Å². The molecule has 0 saturated heterocycles. The standard InChI is InChI=1S/C20H14ClFN2O2S/c21-12-7-8-16-14(10-12)19(17-6-3-9-27-17)24(11-18(25)23-16)20(26)13-4-1-2-5-15(13)22/h1-10,19H,11H2,(H,23,25). The number of thiophene rings is 1. The number of carbonyl (C=O) groups excluding carboxylic acids is 2. The molecule has 0 spiro atoms. The molecule has 27 heavy (non-hydrogen) atoms. The van der Waals surface area contributed by atoms with Crippen molar-refractivity contribution >= 4 is 40.4 Å². The molecule has 2 amide bonds. The second-order valence-electron chi connectivity index (χ2n) is 6.11. The van der Waals surface area contributed by atoms with Crippen molar-refractivity contribution in [2.75, 3.05) is 11.9 Å². The molecule has 3 aromatic rings. The number of anilines is 1. The smallest absolute Gasteiger partial charge is 0.258 e. The molecule has 1 aliphatic rings. The van der Waals surface area contributed by atoms with Crippen LogP contribution in [-0.2, 0) is 4.79 Å². The SMILES string of the molecule is O=C1CN(C(=O)c2ccccc2F)C(c2cccs2)c2cc(Cl)ccc2N1. The van der Waals surface area contributed by atoms with E-state index in [-0.39, 0.29) is 18.0 Å². The molecule has 2 heterocycles.